The molecule has 20 heavy (non-hydrogen) atoms. The van der Waals surface area contributed by atoms with Crippen LogP contribution in [0.4, 0.5) is 0 Å². The van der Waals surface area contributed by atoms with E-state index in [1.165, 1.54) is 15.8 Å². The lowest BCUT2D eigenvalue weighted by atomic mass is 10.2. The van der Waals surface area contributed by atoms with E-state index in [1.807, 2.05) is 18.2 Å². The summed E-state index contributed by atoms with van der Waals surface area (Å²) in [6.07, 6.45) is 1.38. The zero-order valence-corrected chi connectivity index (χ0v) is 11.2. The molecule has 1 amide bonds. The van der Waals surface area contributed by atoms with Crippen molar-refractivity contribution >= 4 is 28.0 Å². The number of fused-ring (bicyclic) bond motifs is 3. The van der Waals surface area contributed by atoms with Gasteiger partial charge in [-0.3, -0.25) is 14.2 Å². The maximum absolute atomic E-state index is 12.3. The second kappa shape index (κ2) is 4.48. The third kappa shape index (κ3) is 1.85. The lowest BCUT2D eigenvalue weighted by molar-refractivity contribution is -0.129. The van der Waals surface area contributed by atoms with Gasteiger partial charge in [-0.05, 0) is 12.1 Å². The molecule has 0 bridgehead atoms. The number of rotatable bonds is 2. The largest absolute Gasteiger partial charge is 0.448 e. The first-order chi connectivity index (χ1) is 9.58. The molecule has 1 aromatic carbocycles. The van der Waals surface area contributed by atoms with Gasteiger partial charge in [-0.2, -0.15) is 0 Å². The van der Waals surface area contributed by atoms with Crippen LogP contribution in [0.1, 0.15) is 0 Å². The molecular formula is C14H13N3O3. The smallest absolute Gasteiger partial charge is 0.297 e. The van der Waals surface area contributed by atoms with Crippen molar-refractivity contribution in [2.24, 2.45) is 0 Å². The summed E-state index contributed by atoms with van der Waals surface area (Å²) in [7, 11) is 3.28. The van der Waals surface area contributed by atoms with Gasteiger partial charge in [0.15, 0.2) is 0 Å². The Morgan fingerprint density at radius 2 is 2.10 bits per heavy atom. The predicted octanol–water partition coefficient (Wildman–Crippen LogP) is 1.23. The number of furan rings is 1. The molecule has 3 rings (SSSR count). The van der Waals surface area contributed by atoms with Gasteiger partial charge >= 0.3 is 0 Å². The van der Waals surface area contributed by atoms with Crippen LogP contribution in [0, 0.1) is 0 Å². The third-order valence-electron chi connectivity index (χ3n) is 3.16. The minimum atomic E-state index is -0.346. The highest BCUT2D eigenvalue weighted by molar-refractivity contribution is 6.01. The van der Waals surface area contributed by atoms with Crippen LogP contribution < -0.4 is 5.56 Å². The Morgan fingerprint density at radius 1 is 1.35 bits per heavy atom. The van der Waals surface area contributed by atoms with Gasteiger partial charge in [0.25, 0.3) is 5.56 Å². The number of likely N-dealkylation sites (N-methyl/N-ethyl adjacent to an activating group) is 1. The van der Waals surface area contributed by atoms with Crippen molar-refractivity contribution in [1.82, 2.24) is 14.5 Å². The van der Waals surface area contributed by atoms with E-state index >= 15 is 0 Å². The van der Waals surface area contributed by atoms with Crippen LogP contribution in [-0.4, -0.2) is 34.5 Å². The molecule has 6 nitrogen and oxygen atoms in total. The molecule has 2 aromatic heterocycles. The van der Waals surface area contributed by atoms with Gasteiger partial charge in [-0.25, -0.2) is 4.98 Å². The molecule has 3 aromatic rings. The predicted molar refractivity (Wildman–Crippen MR) is 74.5 cm³/mol. The second-order valence-electron chi connectivity index (χ2n) is 4.74. The van der Waals surface area contributed by atoms with E-state index in [0.717, 1.165) is 5.39 Å². The van der Waals surface area contributed by atoms with Crippen LogP contribution >= 0.6 is 0 Å². The zero-order chi connectivity index (χ0) is 14.3. The Balaban J connectivity index is 2.18. The van der Waals surface area contributed by atoms with Crippen LogP contribution in [0.25, 0.3) is 22.1 Å². The fraction of sp³-hybridized carbons (Fsp3) is 0.214. The summed E-state index contributed by atoms with van der Waals surface area (Å²) >= 11 is 0. The van der Waals surface area contributed by atoms with Gasteiger partial charge in [0.2, 0.25) is 11.5 Å². The van der Waals surface area contributed by atoms with Crippen LogP contribution in [-0.2, 0) is 11.3 Å². The highest BCUT2D eigenvalue weighted by Gasteiger charge is 2.14. The van der Waals surface area contributed by atoms with E-state index in [1.54, 1.807) is 20.2 Å². The molecule has 0 radical (unpaired) electrons. The van der Waals surface area contributed by atoms with Crippen LogP contribution in [0.3, 0.4) is 0 Å². The summed E-state index contributed by atoms with van der Waals surface area (Å²) in [5.41, 5.74) is 0.976. The Hall–Kier alpha value is -2.63. The van der Waals surface area contributed by atoms with E-state index < -0.39 is 0 Å². The van der Waals surface area contributed by atoms with Crippen molar-refractivity contribution in [3.8, 4) is 0 Å². The maximum Gasteiger partial charge on any atom is 0.297 e. The van der Waals surface area contributed by atoms with Gasteiger partial charge in [0, 0.05) is 19.5 Å². The van der Waals surface area contributed by atoms with Gasteiger partial charge in [0.05, 0.1) is 6.33 Å². The minimum Gasteiger partial charge on any atom is -0.448 e. The first kappa shape index (κ1) is 12.4. The fourth-order valence-corrected chi connectivity index (χ4v) is 2.02. The molecular weight excluding hydrogens is 258 g/mol. The minimum absolute atomic E-state index is 0.0498. The monoisotopic (exact) mass is 271 g/mol. The number of nitrogens with zero attached hydrogens (tertiary/aromatic N) is 3. The summed E-state index contributed by atoms with van der Waals surface area (Å²) in [5, 5.41) is 0.797. The molecule has 0 aliphatic heterocycles. The average molecular weight is 271 g/mol. The second-order valence-corrected chi connectivity index (χ2v) is 4.74. The first-order valence-electron chi connectivity index (χ1n) is 6.15. The number of carbonyl (C=O) groups excluding carboxylic acids is 1. The van der Waals surface area contributed by atoms with Gasteiger partial charge in [-0.15, -0.1) is 0 Å². The van der Waals surface area contributed by atoms with Gasteiger partial charge in [-0.1, -0.05) is 12.1 Å². The standard InChI is InChI=1S/C14H13N3O3/c1-16(2)11(18)7-17-8-15-12-9-5-3-4-6-10(9)20-13(12)14(17)19/h3-6,8H,7H2,1-2H3. The third-order valence-corrected chi connectivity index (χ3v) is 3.16. The highest BCUT2D eigenvalue weighted by atomic mass is 16.3. The molecule has 102 valence electrons. The summed E-state index contributed by atoms with van der Waals surface area (Å²) in [4.78, 5) is 29.7. The summed E-state index contributed by atoms with van der Waals surface area (Å²) in [6.45, 7) is -0.0498. The summed E-state index contributed by atoms with van der Waals surface area (Å²) in [6, 6.07) is 7.33. The van der Waals surface area contributed by atoms with Crippen LogP contribution in [0.5, 0.6) is 0 Å². The lowest BCUT2D eigenvalue weighted by Gasteiger charge is -2.10. The summed E-state index contributed by atoms with van der Waals surface area (Å²) in [5.74, 6) is -0.177. The molecule has 6 heteroatoms. The van der Waals surface area contributed by atoms with E-state index in [9.17, 15) is 9.59 Å². The van der Waals surface area contributed by atoms with E-state index in [4.69, 9.17) is 4.42 Å². The normalized spacial score (nSPS) is 11.1. The Morgan fingerprint density at radius 3 is 2.85 bits per heavy atom. The van der Waals surface area contributed by atoms with Crippen LogP contribution in [0.2, 0.25) is 0 Å². The number of hydrogen-bond donors (Lipinski definition) is 0. The average Bonchev–Trinajstić information content (AvgIpc) is 2.81. The Labute approximate surface area is 114 Å². The maximum atomic E-state index is 12.3. The fourth-order valence-electron chi connectivity index (χ4n) is 2.02. The molecule has 0 atom stereocenters. The number of benzene rings is 1. The number of hydrogen-bond acceptors (Lipinski definition) is 4. The van der Waals surface area contributed by atoms with Crippen molar-refractivity contribution in [3.63, 3.8) is 0 Å². The SMILES string of the molecule is CN(C)C(=O)Cn1cnc2c(oc3ccccc32)c1=O. The molecule has 0 aliphatic rings. The van der Waals surface area contributed by atoms with E-state index in [0.29, 0.717) is 11.1 Å². The Bertz CT molecular complexity index is 861. The van der Waals surface area contributed by atoms with Crippen LogP contribution in [0.15, 0.2) is 39.8 Å². The topological polar surface area (TPSA) is 68.3 Å². The molecule has 0 spiro atoms. The molecule has 0 saturated carbocycles. The van der Waals surface area contributed by atoms with Crippen molar-refractivity contribution in [2.75, 3.05) is 14.1 Å². The van der Waals surface area contributed by atoms with E-state index in [-0.39, 0.29) is 23.6 Å². The summed E-state index contributed by atoms with van der Waals surface area (Å²) < 4.78 is 6.80. The van der Waals surface area contributed by atoms with Crippen molar-refractivity contribution in [3.05, 3.63) is 40.9 Å². The van der Waals surface area contributed by atoms with Crippen molar-refractivity contribution in [1.29, 1.82) is 0 Å². The number of amides is 1. The molecule has 0 aliphatic carbocycles. The Kier molecular flexibility index (Phi) is 2.78. The highest BCUT2D eigenvalue weighted by Crippen LogP contribution is 2.23. The molecule has 0 saturated heterocycles. The lowest BCUT2D eigenvalue weighted by Crippen LogP contribution is -2.31. The zero-order valence-electron chi connectivity index (χ0n) is 11.2. The van der Waals surface area contributed by atoms with Crippen molar-refractivity contribution < 1.29 is 9.21 Å². The first-order valence-corrected chi connectivity index (χ1v) is 6.15. The molecule has 0 fully saturated rings. The van der Waals surface area contributed by atoms with E-state index in [2.05, 4.69) is 4.98 Å². The molecule has 0 unspecified atom stereocenters. The van der Waals surface area contributed by atoms with Gasteiger partial charge < -0.3 is 9.32 Å². The van der Waals surface area contributed by atoms with Crippen molar-refractivity contribution in [2.45, 2.75) is 6.54 Å². The number of carbonyl (C=O) groups is 1. The quantitative estimate of drug-likeness (QED) is 0.703. The molecule has 2 heterocycles. The number of para-hydroxylation sites is 1. The number of aromatic nitrogens is 2. The molecule has 0 N–H and O–H groups in total. The van der Waals surface area contributed by atoms with Gasteiger partial charge in [0.1, 0.15) is 17.6 Å².